The van der Waals surface area contributed by atoms with E-state index in [2.05, 4.69) is 15.5 Å². The quantitative estimate of drug-likeness (QED) is 0.493. The number of amides is 1. The summed E-state index contributed by atoms with van der Waals surface area (Å²) in [5.41, 5.74) is 0. The first-order chi connectivity index (χ1) is 9.61. The number of thioether (sulfide) groups is 1. The molecule has 0 saturated carbocycles. The van der Waals surface area contributed by atoms with E-state index in [4.69, 9.17) is 0 Å². The number of nitrogens with zero attached hydrogens (tertiary/aromatic N) is 2. The number of carboxylic acids is 1. The van der Waals surface area contributed by atoms with Crippen LogP contribution in [0, 0.1) is 11.8 Å². The highest BCUT2D eigenvalue weighted by molar-refractivity contribution is 8.01. The number of anilines is 1. The Kier molecular flexibility index (Phi) is 5.13. The van der Waals surface area contributed by atoms with Crippen LogP contribution in [-0.2, 0) is 9.59 Å². The number of hydrogen-bond donors (Lipinski definition) is 1. The van der Waals surface area contributed by atoms with Gasteiger partial charge in [-0.3, -0.25) is 4.79 Å². The predicted molar refractivity (Wildman–Crippen MR) is 75.3 cm³/mol. The summed E-state index contributed by atoms with van der Waals surface area (Å²) in [5, 5.41) is 21.9. The number of aliphatic carboxylic acids is 1. The lowest BCUT2D eigenvalue weighted by molar-refractivity contribution is -0.313. The lowest BCUT2D eigenvalue weighted by Crippen LogP contribution is -2.41. The molecule has 1 amide bonds. The Morgan fingerprint density at radius 1 is 1.40 bits per heavy atom. The fourth-order valence-electron chi connectivity index (χ4n) is 2.00. The summed E-state index contributed by atoms with van der Waals surface area (Å²) in [4.78, 5) is 23.2. The van der Waals surface area contributed by atoms with Crippen molar-refractivity contribution < 1.29 is 14.7 Å². The van der Waals surface area contributed by atoms with Crippen LogP contribution in [0.15, 0.2) is 16.5 Å². The standard InChI is InChI=1S/C12H15N3O3S2/c1-2-19-12-15-14-11(20-12)13-9(16)7-5-3-4-6-8(7)10(17)18/h3-4,7-8H,2,5-6H2,1H3,(H,17,18)(H,13,14,16)/p-1. The summed E-state index contributed by atoms with van der Waals surface area (Å²) in [6.07, 6.45) is 4.32. The molecule has 2 unspecified atom stereocenters. The molecule has 2 atom stereocenters. The molecule has 0 saturated heterocycles. The number of rotatable bonds is 5. The highest BCUT2D eigenvalue weighted by atomic mass is 32.2. The zero-order chi connectivity index (χ0) is 14.5. The van der Waals surface area contributed by atoms with Crippen LogP contribution in [0.5, 0.6) is 0 Å². The zero-order valence-electron chi connectivity index (χ0n) is 10.9. The Morgan fingerprint density at radius 3 is 2.75 bits per heavy atom. The molecule has 1 aromatic rings. The van der Waals surface area contributed by atoms with E-state index >= 15 is 0 Å². The van der Waals surface area contributed by atoms with Crippen LogP contribution in [0.25, 0.3) is 0 Å². The van der Waals surface area contributed by atoms with E-state index in [0.717, 1.165) is 10.1 Å². The molecule has 0 radical (unpaired) electrons. The van der Waals surface area contributed by atoms with Crippen molar-refractivity contribution in [1.29, 1.82) is 0 Å². The summed E-state index contributed by atoms with van der Waals surface area (Å²) in [6.45, 7) is 2.00. The molecule has 6 nitrogen and oxygen atoms in total. The van der Waals surface area contributed by atoms with Gasteiger partial charge in [0.2, 0.25) is 11.0 Å². The molecule has 8 heteroatoms. The fourth-order valence-corrected chi connectivity index (χ4v) is 3.66. The van der Waals surface area contributed by atoms with Crippen LogP contribution < -0.4 is 10.4 Å². The highest BCUT2D eigenvalue weighted by Gasteiger charge is 2.30. The molecule has 0 bridgehead atoms. The average Bonchev–Trinajstić information content (AvgIpc) is 2.86. The van der Waals surface area contributed by atoms with Crippen molar-refractivity contribution in [2.24, 2.45) is 11.8 Å². The third kappa shape index (κ3) is 3.57. The van der Waals surface area contributed by atoms with Gasteiger partial charge in [-0.1, -0.05) is 42.2 Å². The molecule has 108 valence electrons. The van der Waals surface area contributed by atoms with Gasteiger partial charge in [0, 0.05) is 11.9 Å². The van der Waals surface area contributed by atoms with E-state index in [-0.39, 0.29) is 5.91 Å². The van der Waals surface area contributed by atoms with Crippen LogP contribution in [0.1, 0.15) is 19.8 Å². The van der Waals surface area contributed by atoms with Gasteiger partial charge in [-0.2, -0.15) is 0 Å². The van der Waals surface area contributed by atoms with E-state index in [1.165, 1.54) is 11.3 Å². The first-order valence-corrected chi connectivity index (χ1v) is 8.05. The smallest absolute Gasteiger partial charge is 0.230 e. The predicted octanol–water partition coefficient (Wildman–Crippen LogP) is 0.921. The van der Waals surface area contributed by atoms with Crippen LogP contribution in [0.3, 0.4) is 0 Å². The minimum Gasteiger partial charge on any atom is -0.550 e. The third-order valence-electron chi connectivity index (χ3n) is 2.98. The average molecular weight is 312 g/mol. The normalized spacial score (nSPS) is 21.6. The molecule has 1 heterocycles. The number of carbonyl (C=O) groups is 2. The molecule has 0 spiro atoms. The van der Waals surface area contributed by atoms with Crippen molar-refractivity contribution in [2.45, 2.75) is 24.1 Å². The molecule has 1 aromatic heterocycles. The lowest BCUT2D eigenvalue weighted by Gasteiger charge is -2.27. The summed E-state index contributed by atoms with van der Waals surface area (Å²) in [7, 11) is 0. The van der Waals surface area contributed by atoms with E-state index in [0.29, 0.717) is 18.0 Å². The van der Waals surface area contributed by atoms with Crippen LogP contribution in [-0.4, -0.2) is 27.8 Å². The SMILES string of the molecule is CCSc1nnc(NC(=O)C2CC=CCC2C(=O)[O-])s1. The molecule has 0 aliphatic heterocycles. The summed E-state index contributed by atoms with van der Waals surface area (Å²) < 4.78 is 0.780. The van der Waals surface area contributed by atoms with Gasteiger partial charge < -0.3 is 15.2 Å². The zero-order valence-corrected chi connectivity index (χ0v) is 12.5. The van der Waals surface area contributed by atoms with Crippen molar-refractivity contribution in [3.8, 4) is 0 Å². The molecule has 1 aliphatic rings. The van der Waals surface area contributed by atoms with E-state index < -0.39 is 17.8 Å². The highest BCUT2D eigenvalue weighted by Crippen LogP contribution is 2.29. The van der Waals surface area contributed by atoms with Crippen LogP contribution in [0.4, 0.5) is 5.13 Å². The Labute approximate surface area is 124 Å². The number of hydrogen-bond acceptors (Lipinski definition) is 7. The van der Waals surface area contributed by atoms with Gasteiger partial charge in [0.1, 0.15) is 0 Å². The third-order valence-corrected chi connectivity index (χ3v) is 4.83. The van der Waals surface area contributed by atoms with Crippen LogP contribution in [0.2, 0.25) is 0 Å². The van der Waals surface area contributed by atoms with Gasteiger partial charge in [-0.25, -0.2) is 0 Å². The molecule has 0 aromatic carbocycles. The van der Waals surface area contributed by atoms with Gasteiger partial charge in [0.05, 0.1) is 5.92 Å². The number of allylic oxidation sites excluding steroid dienone is 2. The molecule has 2 rings (SSSR count). The summed E-state index contributed by atoms with van der Waals surface area (Å²) >= 11 is 2.83. The minimum absolute atomic E-state index is 0.327. The monoisotopic (exact) mass is 312 g/mol. The second-order valence-electron chi connectivity index (χ2n) is 4.27. The summed E-state index contributed by atoms with van der Waals surface area (Å²) in [5.74, 6) is -2.04. The number of aromatic nitrogens is 2. The van der Waals surface area contributed by atoms with Crippen molar-refractivity contribution in [3.63, 3.8) is 0 Å². The van der Waals surface area contributed by atoms with E-state index in [9.17, 15) is 14.7 Å². The van der Waals surface area contributed by atoms with E-state index in [1.54, 1.807) is 17.8 Å². The maximum atomic E-state index is 12.1. The Hall–Kier alpha value is -1.41. The molecular weight excluding hydrogens is 298 g/mol. The first-order valence-electron chi connectivity index (χ1n) is 6.24. The molecule has 1 aliphatic carbocycles. The van der Waals surface area contributed by atoms with Crippen molar-refractivity contribution in [1.82, 2.24) is 10.2 Å². The Morgan fingerprint density at radius 2 is 2.10 bits per heavy atom. The van der Waals surface area contributed by atoms with Gasteiger partial charge in [-0.15, -0.1) is 10.2 Å². The Balaban J connectivity index is 2.02. The van der Waals surface area contributed by atoms with Crippen molar-refractivity contribution >= 4 is 40.1 Å². The second kappa shape index (κ2) is 6.85. The van der Waals surface area contributed by atoms with Crippen molar-refractivity contribution in [2.75, 3.05) is 11.1 Å². The van der Waals surface area contributed by atoms with E-state index in [1.807, 2.05) is 13.0 Å². The van der Waals surface area contributed by atoms with Crippen LogP contribution >= 0.6 is 23.1 Å². The molecule has 0 fully saturated rings. The molecule has 20 heavy (non-hydrogen) atoms. The molecule has 1 N–H and O–H groups in total. The second-order valence-corrected chi connectivity index (χ2v) is 6.76. The summed E-state index contributed by atoms with van der Waals surface area (Å²) in [6, 6.07) is 0. The number of carboxylic acid groups (broad SMARTS) is 1. The number of nitrogens with one attached hydrogen (secondary N) is 1. The van der Waals surface area contributed by atoms with Gasteiger partial charge >= 0.3 is 0 Å². The maximum Gasteiger partial charge on any atom is 0.230 e. The maximum absolute atomic E-state index is 12.1. The van der Waals surface area contributed by atoms with Gasteiger partial charge in [0.15, 0.2) is 4.34 Å². The first kappa shape index (κ1) is 15.0. The van der Waals surface area contributed by atoms with Gasteiger partial charge in [-0.05, 0) is 18.6 Å². The fraction of sp³-hybridized carbons (Fsp3) is 0.500. The lowest BCUT2D eigenvalue weighted by atomic mass is 9.82. The topological polar surface area (TPSA) is 95.0 Å². The van der Waals surface area contributed by atoms with Gasteiger partial charge in [0.25, 0.3) is 0 Å². The van der Waals surface area contributed by atoms with Crippen molar-refractivity contribution in [3.05, 3.63) is 12.2 Å². The molecular formula is C12H14N3O3S2-. The Bertz CT molecular complexity index is 530. The minimum atomic E-state index is -1.19. The largest absolute Gasteiger partial charge is 0.550 e. The number of carbonyl (C=O) groups excluding carboxylic acids is 2.